The van der Waals surface area contributed by atoms with Crippen LogP contribution in [0.5, 0.6) is 0 Å². The zero-order valence-electron chi connectivity index (χ0n) is 9.86. The van der Waals surface area contributed by atoms with Gasteiger partial charge >= 0.3 is 0 Å². The Hall–Kier alpha value is -0.910. The predicted octanol–water partition coefficient (Wildman–Crippen LogP) is -0.471. The van der Waals surface area contributed by atoms with Crippen LogP contribution in [0.2, 0.25) is 0 Å². The fourth-order valence-electron chi connectivity index (χ4n) is 1.73. The highest BCUT2D eigenvalue weighted by atomic mass is 31.1. The molecule has 5 N–H and O–H groups in total. The largest absolute Gasteiger partial charge is 0.310 e. The minimum absolute atomic E-state index is 0.271. The van der Waals surface area contributed by atoms with Crippen molar-refractivity contribution in [3.05, 3.63) is 0 Å². The molecule has 1 fully saturated rings. The Labute approximate surface area is 101 Å². The standard InChI is InChI=1S/C9H19N4O3P/c1-2-4-7(14)12-17(16)9(10)5-3-6-13(11)8(9)15/h17H,2-6,10-11H2,1H3,(H,12,14,16)/t9-/m0/s1. The maximum Gasteiger partial charge on any atom is 0.265 e. The van der Waals surface area contributed by atoms with Crippen molar-refractivity contribution in [3.8, 4) is 0 Å². The molecule has 7 nitrogen and oxygen atoms in total. The highest BCUT2D eigenvalue weighted by Gasteiger charge is 2.45. The van der Waals surface area contributed by atoms with Crippen LogP contribution in [0.1, 0.15) is 32.6 Å². The fraction of sp³-hybridized carbons (Fsp3) is 0.778. The van der Waals surface area contributed by atoms with Crippen molar-refractivity contribution in [2.24, 2.45) is 11.6 Å². The molecule has 0 aromatic rings. The van der Waals surface area contributed by atoms with Gasteiger partial charge in [-0.2, -0.15) is 0 Å². The van der Waals surface area contributed by atoms with E-state index in [-0.39, 0.29) is 18.7 Å². The molecule has 0 bridgehead atoms. The van der Waals surface area contributed by atoms with Gasteiger partial charge in [0.2, 0.25) is 5.91 Å². The molecule has 1 aliphatic heterocycles. The Morgan fingerprint density at radius 1 is 1.65 bits per heavy atom. The van der Waals surface area contributed by atoms with Crippen LogP contribution in [0.3, 0.4) is 0 Å². The van der Waals surface area contributed by atoms with Crippen molar-refractivity contribution in [3.63, 3.8) is 0 Å². The molecule has 1 rings (SSSR count). The molecule has 98 valence electrons. The Kier molecular flexibility index (Phi) is 4.68. The van der Waals surface area contributed by atoms with Crippen molar-refractivity contribution in [2.45, 2.75) is 37.9 Å². The molecule has 8 heteroatoms. The normalized spacial score (nSPS) is 26.8. The lowest BCUT2D eigenvalue weighted by Gasteiger charge is -2.35. The van der Waals surface area contributed by atoms with Gasteiger partial charge < -0.3 is 15.4 Å². The van der Waals surface area contributed by atoms with E-state index in [2.05, 4.69) is 5.09 Å². The number of nitrogens with zero attached hydrogens (tertiary/aromatic N) is 1. The van der Waals surface area contributed by atoms with Crippen LogP contribution in [0.25, 0.3) is 0 Å². The lowest BCUT2D eigenvalue weighted by atomic mass is 10.1. The Morgan fingerprint density at radius 2 is 2.29 bits per heavy atom. The molecule has 17 heavy (non-hydrogen) atoms. The van der Waals surface area contributed by atoms with Gasteiger partial charge in [0, 0.05) is 13.0 Å². The molecule has 0 aromatic carbocycles. The van der Waals surface area contributed by atoms with Crippen molar-refractivity contribution in [2.75, 3.05) is 6.54 Å². The van der Waals surface area contributed by atoms with E-state index in [1.807, 2.05) is 6.92 Å². The van der Waals surface area contributed by atoms with Gasteiger partial charge in [-0.3, -0.25) is 14.6 Å². The smallest absolute Gasteiger partial charge is 0.265 e. The molecule has 0 saturated carbocycles. The first kappa shape index (κ1) is 14.2. The lowest BCUT2D eigenvalue weighted by Crippen LogP contribution is -2.60. The number of hydrazine groups is 1. The molecule has 1 saturated heterocycles. The number of piperidine rings is 1. The minimum atomic E-state index is -2.73. The summed E-state index contributed by atoms with van der Waals surface area (Å²) in [6.45, 7) is 2.23. The number of amides is 2. The predicted molar refractivity (Wildman–Crippen MR) is 64.1 cm³/mol. The van der Waals surface area contributed by atoms with E-state index in [0.29, 0.717) is 19.4 Å². The molecule has 0 aliphatic carbocycles. The first-order valence-electron chi connectivity index (χ1n) is 5.61. The van der Waals surface area contributed by atoms with Gasteiger partial charge in [0.1, 0.15) is 0 Å². The molecule has 0 spiro atoms. The monoisotopic (exact) mass is 262 g/mol. The lowest BCUT2D eigenvalue weighted by molar-refractivity contribution is -0.136. The van der Waals surface area contributed by atoms with Gasteiger partial charge in [0.05, 0.1) is 0 Å². The second-order valence-corrected chi connectivity index (χ2v) is 6.00. The third-order valence-corrected chi connectivity index (χ3v) is 4.53. The SMILES string of the molecule is CCCC(=O)N[PH](=O)[C@@]1(N)CCCN(N)C1=O. The van der Waals surface area contributed by atoms with Crippen LogP contribution in [-0.2, 0) is 14.2 Å². The zero-order chi connectivity index (χ0) is 13.1. The first-order chi connectivity index (χ1) is 7.91. The number of carbonyl (C=O) groups is 2. The Bertz CT molecular complexity index is 349. The van der Waals surface area contributed by atoms with E-state index in [4.69, 9.17) is 11.6 Å². The summed E-state index contributed by atoms with van der Waals surface area (Å²) >= 11 is 0. The van der Waals surface area contributed by atoms with Crippen LogP contribution >= 0.6 is 7.95 Å². The summed E-state index contributed by atoms with van der Waals surface area (Å²) in [4.78, 5) is 23.1. The van der Waals surface area contributed by atoms with Gasteiger partial charge in [-0.05, 0) is 19.3 Å². The maximum atomic E-state index is 12.0. The van der Waals surface area contributed by atoms with Crippen LogP contribution in [0, 0.1) is 0 Å². The summed E-state index contributed by atoms with van der Waals surface area (Å²) in [7, 11) is -2.73. The van der Waals surface area contributed by atoms with E-state index in [0.717, 1.165) is 5.01 Å². The average molecular weight is 262 g/mol. The van der Waals surface area contributed by atoms with Gasteiger partial charge in [-0.15, -0.1) is 0 Å². The maximum absolute atomic E-state index is 12.0. The van der Waals surface area contributed by atoms with Crippen LogP contribution < -0.4 is 16.7 Å². The Morgan fingerprint density at radius 3 is 2.88 bits per heavy atom. The first-order valence-corrected chi connectivity index (χ1v) is 7.02. The molecule has 1 heterocycles. The van der Waals surface area contributed by atoms with Gasteiger partial charge in [-0.1, -0.05) is 6.92 Å². The summed E-state index contributed by atoms with van der Waals surface area (Å²) in [5.74, 6) is 4.54. The van der Waals surface area contributed by atoms with E-state index in [9.17, 15) is 14.2 Å². The van der Waals surface area contributed by atoms with Crippen LogP contribution in [0.15, 0.2) is 0 Å². The topological polar surface area (TPSA) is 119 Å². The second-order valence-electron chi connectivity index (χ2n) is 4.20. The number of rotatable bonds is 4. The number of hydrogen-bond donors (Lipinski definition) is 3. The highest BCUT2D eigenvalue weighted by molar-refractivity contribution is 7.46. The van der Waals surface area contributed by atoms with E-state index in [1.165, 1.54) is 0 Å². The highest BCUT2D eigenvalue weighted by Crippen LogP contribution is 2.38. The molecule has 1 unspecified atom stereocenters. The zero-order valence-corrected chi connectivity index (χ0v) is 10.9. The van der Waals surface area contributed by atoms with Crippen molar-refractivity contribution >= 4 is 19.8 Å². The summed E-state index contributed by atoms with van der Waals surface area (Å²) in [6.07, 6.45) is 1.78. The number of carbonyl (C=O) groups excluding carboxylic acids is 2. The minimum Gasteiger partial charge on any atom is -0.310 e. The summed E-state index contributed by atoms with van der Waals surface area (Å²) < 4.78 is 12.0. The molecule has 0 aromatic heterocycles. The van der Waals surface area contributed by atoms with E-state index in [1.54, 1.807) is 0 Å². The number of hydrogen-bond acceptors (Lipinski definition) is 5. The third kappa shape index (κ3) is 3.06. The van der Waals surface area contributed by atoms with Crippen molar-refractivity contribution < 1.29 is 14.2 Å². The summed E-state index contributed by atoms with van der Waals surface area (Å²) in [6, 6.07) is 0. The van der Waals surface area contributed by atoms with Gasteiger partial charge in [0.25, 0.3) is 5.91 Å². The second kappa shape index (κ2) is 5.62. The van der Waals surface area contributed by atoms with Crippen molar-refractivity contribution in [1.82, 2.24) is 10.1 Å². The molecule has 0 radical (unpaired) electrons. The molecular formula is C9H19N4O3P. The molecular weight excluding hydrogens is 243 g/mol. The molecule has 1 aliphatic rings. The van der Waals surface area contributed by atoms with Crippen LogP contribution in [-0.4, -0.2) is 28.6 Å². The molecule has 2 amide bonds. The summed E-state index contributed by atoms with van der Waals surface area (Å²) in [5, 5.41) is 1.76. The Balaban J connectivity index is 2.72. The van der Waals surface area contributed by atoms with Crippen LogP contribution in [0.4, 0.5) is 0 Å². The van der Waals surface area contributed by atoms with Crippen molar-refractivity contribution in [1.29, 1.82) is 0 Å². The van der Waals surface area contributed by atoms with E-state index < -0.39 is 19.1 Å². The van der Waals surface area contributed by atoms with Gasteiger partial charge in [-0.25, -0.2) is 5.84 Å². The summed E-state index contributed by atoms with van der Waals surface area (Å²) in [5.41, 5.74) is 5.83. The molecule has 2 atom stereocenters. The number of nitrogens with two attached hydrogens (primary N) is 2. The third-order valence-electron chi connectivity index (χ3n) is 2.75. The fourth-order valence-corrected chi connectivity index (χ4v) is 3.07. The average Bonchev–Trinajstić information content (AvgIpc) is 2.26. The quantitative estimate of drug-likeness (QED) is 0.359. The number of nitrogens with one attached hydrogen (secondary N) is 1. The van der Waals surface area contributed by atoms with Gasteiger partial charge in [0.15, 0.2) is 13.2 Å². The van der Waals surface area contributed by atoms with E-state index >= 15 is 0 Å².